The Hall–Kier alpha value is -1.93. The van der Waals surface area contributed by atoms with Crippen LogP contribution in [0.4, 0.5) is 17.6 Å². The van der Waals surface area contributed by atoms with Gasteiger partial charge in [-0.1, -0.05) is 32.6 Å². The van der Waals surface area contributed by atoms with Gasteiger partial charge in [-0.05, 0) is 19.3 Å². The van der Waals surface area contributed by atoms with Crippen LogP contribution in [0.2, 0.25) is 0 Å². The van der Waals surface area contributed by atoms with E-state index in [0.717, 1.165) is 63.7 Å². The summed E-state index contributed by atoms with van der Waals surface area (Å²) in [5.41, 5.74) is 6.92. The molecule has 0 aromatic carbocycles. The Labute approximate surface area is 180 Å². The Kier molecular flexibility index (Phi) is 7.04. The lowest BCUT2D eigenvalue weighted by molar-refractivity contribution is -0.117. The first kappa shape index (κ1) is 21.3. The number of nitrogens with one attached hydrogen (secondary N) is 1. The molecule has 1 amide bonds. The number of anilines is 3. The number of nitrogens with two attached hydrogens (primary N) is 1. The summed E-state index contributed by atoms with van der Waals surface area (Å²) in [7, 11) is 0. The molecule has 1 saturated carbocycles. The summed E-state index contributed by atoms with van der Waals surface area (Å²) in [6.07, 6.45) is 9.40. The van der Waals surface area contributed by atoms with Crippen molar-refractivity contribution in [3.63, 3.8) is 0 Å². The van der Waals surface area contributed by atoms with Crippen molar-refractivity contribution in [2.45, 2.75) is 64.3 Å². The molecule has 3 aliphatic rings. The Morgan fingerprint density at radius 3 is 2.57 bits per heavy atom. The molecule has 1 aliphatic carbocycles. The van der Waals surface area contributed by atoms with Gasteiger partial charge in [-0.25, -0.2) is 0 Å². The first-order valence-corrected chi connectivity index (χ1v) is 11.8. The summed E-state index contributed by atoms with van der Waals surface area (Å²) in [6.45, 7) is 8.98. The van der Waals surface area contributed by atoms with E-state index in [2.05, 4.69) is 32.0 Å². The van der Waals surface area contributed by atoms with E-state index < -0.39 is 0 Å². The largest absolute Gasteiger partial charge is 0.383 e. The summed E-state index contributed by atoms with van der Waals surface area (Å²) in [5, 5.41) is 3.24. The third kappa shape index (κ3) is 4.86. The van der Waals surface area contributed by atoms with Crippen LogP contribution >= 0.6 is 0 Å². The minimum absolute atomic E-state index is 0.0811. The lowest BCUT2D eigenvalue weighted by Gasteiger charge is -2.41. The number of carbonyl (C=O) groups excluding carboxylic acids is 1. The van der Waals surface area contributed by atoms with Crippen LogP contribution in [0, 0.1) is 0 Å². The Bertz CT molecular complexity index is 726. The van der Waals surface area contributed by atoms with Gasteiger partial charge in [0.1, 0.15) is 11.6 Å². The highest BCUT2D eigenvalue weighted by Gasteiger charge is 2.32. The molecule has 0 atom stereocenters. The van der Waals surface area contributed by atoms with Crippen molar-refractivity contribution in [2.24, 2.45) is 0 Å². The number of aromatic nitrogens is 2. The number of amides is 1. The zero-order valence-electron chi connectivity index (χ0n) is 18.4. The molecule has 0 radical (unpaired) electrons. The molecule has 0 bridgehead atoms. The first-order chi connectivity index (χ1) is 14.7. The molecule has 30 heavy (non-hydrogen) atoms. The third-order valence-electron chi connectivity index (χ3n) is 6.85. The fraction of sp³-hybridized carbons (Fsp3) is 0.773. The van der Waals surface area contributed by atoms with Gasteiger partial charge < -0.3 is 11.1 Å². The van der Waals surface area contributed by atoms with Crippen LogP contribution in [0.1, 0.15) is 57.4 Å². The van der Waals surface area contributed by atoms with Crippen molar-refractivity contribution < 1.29 is 4.79 Å². The van der Waals surface area contributed by atoms with Crippen molar-refractivity contribution in [2.75, 3.05) is 61.8 Å². The highest BCUT2D eigenvalue weighted by atomic mass is 16.2. The maximum Gasteiger partial charge on any atom is 0.232 e. The minimum atomic E-state index is 0.0811. The van der Waals surface area contributed by atoms with Crippen LogP contribution in [-0.2, 0) is 11.2 Å². The number of piperazine rings is 1. The number of fused-ring (bicyclic) bond motifs is 1. The van der Waals surface area contributed by atoms with Gasteiger partial charge in [-0.2, -0.15) is 9.97 Å². The maximum absolute atomic E-state index is 12.6. The van der Waals surface area contributed by atoms with E-state index >= 15 is 0 Å². The molecule has 2 fully saturated rings. The highest BCUT2D eigenvalue weighted by Crippen LogP contribution is 2.31. The summed E-state index contributed by atoms with van der Waals surface area (Å²) < 4.78 is 0. The molecule has 2 aliphatic heterocycles. The van der Waals surface area contributed by atoms with E-state index in [-0.39, 0.29) is 5.91 Å². The van der Waals surface area contributed by atoms with Crippen molar-refractivity contribution in [3.8, 4) is 0 Å². The topological polar surface area (TPSA) is 90.6 Å². The lowest BCUT2D eigenvalue weighted by Crippen LogP contribution is -2.52. The van der Waals surface area contributed by atoms with Gasteiger partial charge in [0.2, 0.25) is 11.9 Å². The van der Waals surface area contributed by atoms with E-state index in [1.807, 2.05) is 4.90 Å². The molecular formula is C22H37N7O. The minimum Gasteiger partial charge on any atom is -0.383 e. The molecular weight excluding hydrogens is 378 g/mol. The predicted octanol–water partition coefficient (Wildman–Crippen LogP) is 2.11. The number of hydrogen-bond acceptors (Lipinski definition) is 7. The van der Waals surface area contributed by atoms with Crippen LogP contribution in [0.15, 0.2) is 0 Å². The van der Waals surface area contributed by atoms with Crippen molar-refractivity contribution in [3.05, 3.63) is 5.56 Å². The average molecular weight is 416 g/mol. The molecule has 3 N–H and O–H groups in total. The van der Waals surface area contributed by atoms with Crippen molar-refractivity contribution in [1.29, 1.82) is 0 Å². The standard InChI is InChI=1S/C22H37N7O/c1-2-3-9-24-22-25-20(23)18-16-19(30)29(21(18)26-22)15-12-27-10-13-28(14-11-27)17-7-5-4-6-8-17/h17H,2-16H2,1H3,(H3,23,24,25,26). The molecule has 3 heterocycles. The second-order valence-electron chi connectivity index (χ2n) is 8.91. The van der Waals surface area contributed by atoms with Crippen LogP contribution in [0.25, 0.3) is 0 Å². The predicted molar refractivity (Wildman–Crippen MR) is 121 cm³/mol. The Morgan fingerprint density at radius 2 is 1.83 bits per heavy atom. The van der Waals surface area contributed by atoms with Gasteiger partial charge in [0, 0.05) is 57.4 Å². The highest BCUT2D eigenvalue weighted by molar-refractivity contribution is 6.01. The Morgan fingerprint density at radius 1 is 1.07 bits per heavy atom. The van der Waals surface area contributed by atoms with E-state index in [0.29, 0.717) is 30.5 Å². The molecule has 1 aromatic heterocycles. The van der Waals surface area contributed by atoms with Gasteiger partial charge in [-0.15, -0.1) is 0 Å². The zero-order valence-corrected chi connectivity index (χ0v) is 18.4. The summed E-state index contributed by atoms with van der Waals surface area (Å²) in [5.74, 6) is 1.74. The number of nitrogen functional groups attached to an aromatic ring is 1. The molecule has 4 rings (SSSR count). The van der Waals surface area contributed by atoms with Crippen LogP contribution in [0.3, 0.4) is 0 Å². The molecule has 166 valence electrons. The number of nitrogens with zero attached hydrogens (tertiary/aromatic N) is 5. The molecule has 8 nitrogen and oxygen atoms in total. The fourth-order valence-corrected chi connectivity index (χ4v) is 4.97. The normalized spacial score (nSPS) is 21.2. The fourth-order valence-electron chi connectivity index (χ4n) is 4.97. The molecule has 1 aromatic rings. The molecule has 1 saturated heterocycles. The zero-order chi connectivity index (χ0) is 20.9. The van der Waals surface area contributed by atoms with E-state index in [4.69, 9.17) is 5.73 Å². The number of rotatable bonds is 8. The van der Waals surface area contributed by atoms with Gasteiger partial charge in [0.15, 0.2) is 0 Å². The van der Waals surface area contributed by atoms with E-state index in [1.165, 1.54) is 32.1 Å². The number of hydrogen-bond donors (Lipinski definition) is 2. The maximum atomic E-state index is 12.6. The summed E-state index contributed by atoms with van der Waals surface area (Å²) >= 11 is 0. The SMILES string of the molecule is CCCCNc1nc(N)c2c(n1)N(CCN1CCN(C3CCCCC3)CC1)C(=O)C2. The smallest absolute Gasteiger partial charge is 0.232 e. The molecule has 0 unspecified atom stereocenters. The van der Waals surface area contributed by atoms with Crippen LogP contribution in [-0.4, -0.2) is 77.5 Å². The summed E-state index contributed by atoms with van der Waals surface area (Å²) in [6, 6.07) is 0.797. The summed E-state index contributed by atoms with van der Waals surface area (Å²) in [4.78, 5) is 28.6. The lowest BCUT2D eigenvalue weighted by atomic mass is 9.94. The average Bonchev–Trinajstić information content (AvgIpc) is 3.09. The number of unbranched alkanes of at least 4 members (excludes halogenated alkanes) is 1. The van der Waals surface area contributed by atoms with Crippen LogP contribution in [0.5, 0.6) is 0 Å². The second kappa shape index (κ2) is 9.92. The monoisotopic (exact) mass is 415 g/mol. The third-order valence-corrected chi connectivity index (χ3v) is 6.85. The second-order valence-corrected chi connectivity index (χ2v) is 8.91. The quantitative estimate of drug-likeness (QED) is 0.629. The van der Waals surface area contributed by atoms with Gasteiger partial charge in [0.05, 0.1) is 6.42 Å². The Balaban J connectivity index is 1.32. The van der Waals surface area contributed by atoms with Crippen molar-refractivity contribution >= 4 is 23.5 Å². The van der Waals surface area contributed by atoms with E-state index in [9.17, 15) is 4.79 Å². The molecule has 0 spiro atoms. The number of carbonyl (C=O) groups is 1. The van der Waals surface area contributed by atoms with Gasteiger partial charge in [0.25, 0.3) is 0 Å². The first-order valence-electron chi connectivity index (χ1n) is 11.8. The van der Waals surface area contributed by atoms with Gasteiger partial charge >= 0.3 is 0 Å². The van der Waals surface area contributed by atoms with Crippen LogP contribution < -0.4 is 16.0 Å². The van der Waals surface area contributed by atoms with Crippen molar-refractivity contribution in [1.82, 2.24) is 19.8 Å². The van der Waals surface area contributed by atoms with Gasteiger partial charge in [-0.3, -0.25) is 19.5 Å². The van der Waals surface area contributed by atoms with E-state index in [1.54, 1.807) is 0 Å². The molecule has 8 heteroatoms.